The van der Waals surface area contributed by atoms with E-state index in [1.54, 1.807) is 0 Å². The number of benzene rings is 1. The Hall–Kier alpha value is -1.26. The maximum atomic E-state index is 9.01. The third kappa shape index (κ3) is 2.70. The van der Waals surface area contributed by atoms with Gasteiger partial charge in [-0.1, -0.05) is 46.8 Å². The Bertz CT molecular complexity index is 391. The molecule has 0 amide bonds. The summed E-state index contributed by atoms with van der Waals surface area (Å²) in [5.74, 6) is 0.501. The fourth-order valence-corrected chi connectivity index (χ4v) is 1.81. The van der Waals surface area contributed by atoms with Crippen molar-refractivity contribution in [2.45, 2.75) is 46.0 Å². The molecule has 1 aromatic rings. The monoisotopic (exact) mass is 240 g/mol. The van der Waals surface area contributed by atoms with Gasteiger partial charge in [0.05, 0.1) is 0 Å². The zero-order valence-corrected chi connectivity index (χ0v) is 10.9. The van der Waals surface area contributed by atoms with Gasteiger partial charge in [0.25, 0.3) is 0 Å². The third-order valence-corrected chi connectivity index (χ3v) is 2.76. The van der Waals surface area contributed by atoms with E-state index in [-0.39, 0.29) is 22.8 Å². The van der Waals surface area contributed by atoms with Crippen LogP contribution in [0.2, 0.25) is 0 Å². The molecular weight excluding hydrogens is 220 g/mol. The molecule has 4 heteroatoms. The summed E-state index contributed by atoms with van der Waals surface area (Å²) in [6.07, 6.45) is 0. The van der Waals surface area contributed by atoms with Crippen LogP contribution in [0.15, 0.2) is 12.1 Å². The average Bonchev–Trinajstić information content (AvgIpc) is 2.25. The summed E-state index contributed by atoms with van der Waals surface area (Å²) in [6, 6.07) is 3.75. The first kappa shape index (κ1) is 13.8. The summed E-state index contributed by atoms with van der Waals surface area (Å²) < 4.78 is 0. The van der Waals surface area contributed by atoms with Gasteiger partial charge in [-0.3, -0.25) is 0 Å². The molecule has 4 nitrogen and oxygen atoms in total. The van der Waals surface area contributed by atoms with Crippen LogP contribution in [0.5, 0.6) is 11.5 Å². The minimum absolute atomic E-state index is 0.153. The van der Waals surface area contributed by atoms with Gasteiger partial charge in [0.1, 0.15) is 0 Å². The van der Waals surface area contributed by atoms with Crippen molar-refractivity contribution in [1.82, 2.24) is 0 Å². The number of hydrogen-bond donors (Lipinski definition) is 2. The van der Waals surface area contributed by atoms with Gasteiger partial charge >= 0.3 is 0 Å². The number of rotatable bonds is 3. The van der Waals surface area contributed by atoms with E-state index >= 15 is 0 Å². The van der Waals surface area contributed by atoms with Crippen molar-refractivity contribution in [3.8, 4) is 11.5 Å². The highest BCUT2D eigenvalue weighted by Crippen LogP contribution is 2.42. The lowest BCUT2D eigenvalue weighted by molar-refractivity contribution is -0.165. The molecular formula is C13H20O4. The summed E-state index contributed by atoms with van der Waals surface area (Å²) in [4.78, 5) is 8.78. The van der Waals surface area contributed by atoms with E-state index in [0.29, 0.717) is 0 Å². The van der Waals surface area contributed by atoms with E-state index in [2.05, 4.69) is 9.78 Å². The molecule has 2 N–H and O–H groups in total. The molecule has 0 aliphatic heterocycles. The van der Waals surface area contributed by atoms with Crippen molar-refractivity contribution in [2.75, 3.05) is 0 Å². The fraction of sp³-hybridized carbons (Fsp3) is 0.538. The molecule has 0 saturated carbocycles. The molecule has 0 heterocycles. The van der Waals surface area contributed by atoms with Gasteiger partial charge in [-0.15, -0.1) is 0 Å². The van der Waals surface area contributed by atoms with Crippen molar-refractivity contribution in [3.05, 3.63) is 23.3 Å². The van der Waals surface area contributed by atoms with Crippen molar-refractivity contribution in [1.29, 1.82) is 0 Å². The molecule has 0 aliphatic carbocycles. The minimum atomic E-state index is -0.221. The van der Waals surface area contributed by atoms with E-state index in [9.17, 15) is 0 Å². The second-order valence-corrected chi connectivity index (χ2v) is 5.45. The van der Waals surface area contributed by atoms with Gasteiger partial charge in [0.2, 0.25) is 11.5 Å². The van der Waals surface area contributed by atoms with Crippen LogP contribution in [0.25, 0.3) is 0 Å². The molecule has 0 saturated heterocycles. The van der Waals surface area contributed by atoms with Crippen LogP contribution >= 0.6 is 0 Å². The lowest BCUT2D eigenvalue weighted by atomic mass is 9.84. The van der Waals surface area contributed by atoms with Gasteiger partial charge in [-0.25, -0.2) is 10.5 Å². The predicted molar refractivity (Wildman–Crippen MR) is 65.7 cm³/mol. The van der Waals surface area contributed by atoms with E-state index in [1.807, 2.05) is 46.8 Å². The molecule has 0 radical (unpaired) electrons. The van der Waals surface area contributed by atoms with Crippen LogP contribution in [-0.4, -0.2) is 10.5 Å². The molecule has 1 rings (SSSR count). The Morgan fingerprint density at radius 3 is 1.88 bits per heavy atom. The first-order valence-electron chi connectivity index (χ1n) is 5.63. The van der Waals surface area contributed by atoms with Crippen molar-refractivity contribution < 1.29 is 20.3 Å². The Kier molecular flexibility index (Phi) is 4.01. The summed E-state index contributed by atoms with van der Waals surface area (Å²) in [5.41, 5.74) is 1.33. The molecule has 0 spiro atoms. The van der Waals surface area contributed by atoms with Gasteiger partial charge in [-0.2, -0.15) is 0 Å². The van der Waals surface area contributed by atoms with Crippen LogP contribution < -0.4 is 9.78 Å². The predicted octanol–water partition coefficient (Wildman–Crippen LogP) is 3.81. The van der Waals surface area contributed by atoms with Crippen LogP contribution in [0.1, 0.15) is 51.7 Å². The van der Waals surface area contributed by atoms with Crippen LogP contribution in [0.3, 0.4) is 0 Å². The summed E-state index contributed by atoms with van der Waals surface area (Å²) in [5, 5.41) is 18.0. The SMILES string of the molecule is CC(C)c1ccc(C(C)(C)C)c(OO)c1OO. The highest BCUT2D eigenvalue weighted by molar-refractivity contribution is 5.54. The lowest BCUT2D eigenvalue weighted by Crippen LogP contribution is -2.14. The maximum Gasteiger partial charge on any atom is 0.215 e. The van der Waals surface area contributed by atoms with Gasteiger partial charge in [0.15, 0.2) is 0 Å². The standard InChI is InChI=1S/C13H20O4/c1-8(2)9-6-7-10(13(3,4)5)12(17-15)11(9)16-14/h6-8,14-15H,1-5H3. The molecule has 0 atom stereocenters. The smallest absolute Gasteiger partial charge is 0.215 e. The van der Waals surface area contributed by atoms with Crippen LogP contribution in [0, 0.1) is 0 Å². The first-order chi connectivity index (χ1) is 7.82. The molecule has 0 bridgehead atoms. The minimum Gasteiger partial charge on any atom is -0.336 e. The van der Waals surface area contributed by atoms with Gasteiger partial charge < -0.3 is 9.78 Å². The van der Waals surface area contributed by atoms with Crippen molar-refractivity contribution >= 4 is 0 Å². The van der Waals surface area contributed by atoms with E-state index in [0.717, 1.165) is 11.1 Å². The topological polar surface area (TPSA) is 58.9 Å². The summed E-state index contributed by atoms with van der Waals surface area (Å²) >= 11 is 0. The van der Waals surface area contributed by atoms with Gasteiger partial charge in [-0.05, 0) is 11.3 Å². The van der Waals surface area contributed by atoms with E-state index in [1.165, 1.54) is 0 Å². The Balaban J connectivity index is 3.49. The molecule has 17 heavy (non-hydrogen) atoms. The largest absolute Gasteiger partial charge is 0.336 e. The molecule has 1 aromatic carbocycles. The zero-order chi connectivity index (χ0) is 13.2. The Morgan fingerprint density at radius 1 is 1.00 bits per heavy atom. The van der Waals surface area contributed by atoms with E-state index in [4.69, 9.17) is 10.5 Å². The van der Waals surface area contributed by atoms with Crippen molar-refractivity contribution in [2.24, 2.45) is 0 Å². The second-order valence-electron chi connectivity index (χ2n) is 5.45. The fourth-order valence-electron chi connectivity index (χ4n) is 1.81. The highest BCUT2D eigenvalue weighted by Gasteiger charge is 2.26. The zero-order valence-electron chi connectivity index (χ0n) is 10.9. The Labute approximate surface area is 102 Å². The second kappa shape index (κ2) is 4.94. The average molecular weight is 240 g/mol. The van der Waals surface area contributed by atoms with Gasteiger partial charge in [0, 0.05) is 11.1 Å². The molecule has 0 aliphatic rings. The molecule has 0 fully saturated rings. The molecule has 96 valence electrons. The quantitative estimate of drug-likeness (QED) is 0.623. The third-order valence-electron chi connectivity index (χ3n) is 2.76. The Morgan fingerprint density at radius 2 is 1.53 bits per heavy atom. The highest BCUT2D eigenvalue weighted by atomic mass is 17.1. The van der Waals surface area contributed by atoms with Crippen LogP contribution in [0.4, 0.5) is 0 Å². The lowest BCUT2D eigenvalue weighted by Gasteiger charge is -2.23. The van der Waals surface area contributed by atoms with Crippen LogP contribution in [-0.2, 0) is 5.41 Å². The normalized spacial score (nSPS) is 11.8. The first-order valence-corrected chi connectivity index (χ1v) is 5.63. The van der Waals surface area contributed by atoms with Crippen molar-refractivity contribution in [3.63, 3.8) is 0 Å². The number of hydrogen-bond acceptors (Lipinski definition) is 4. The summed E-state index contributed by atoms with van der Waals surface area (Å²) in [6.45, 7) is 9.90. The summed E-state index contributed by atoms with van der Waals surface area (Å²) in [7, 11) is 0. The molecule has 0 unspecified atom stereocenters. The van der Waals surface area contributed by atoms with E-state index < -0.39 is 0 Å². The molecule has 0 aromatic heterocycles. The maximum absolute atomic E-state index is 9.01.